The molecule has 3 nitrogen and oxygen atoms in total. The lowest BCUT2D eigenvalue weighted by molar-refractivity contribution is 0.103. The van der Waals surface area contributed by atoms with Gasteiger partial charge in [-0.15, -0.1) is 0 Å². The predicted octanol–water partition coefficient (Wildman–Crippen LogP) is 1.48. The average Bonchev–Trinajstić information content (AvgIpc) is 2.67. The topological polar surface area (TPSA) is 32.5 Å². The molecule has 2 unspecified atom stereocenters. The molecular weight excluding hydrogens is 230 g/mol. The van der Waals surface area contributed by atoms with Gasteiger partial charge in [-0.1, -0.05) is 13.8 Å². The zero-order valence-electron chi connectivity index (χ0n) is 11.9. The van der Waals surface area contributed by atoms with E-state index in [9.17, 15) is 0 Å². The molecule has 0 aromatic carbocycles. The Morgan fingerprint density at radius 2 is 2.00 bits per heavy atom. The molecule has 1 saturated heterocycles. The molecule has 1 fully saturated rings. The Kier molecular flexibility index (Phi) is 6.27. The second kappa shape index (κ2) is 6.98. The lowest BCUT2D eigenvalue weighted by Crippen LogP contribution is -2.56. The van der Waals surface area contributed by atoms with Crippen molar-refractivity contribution in [2.24, 2.45) is 5.73 Å². The summed E-state index contributed by atoms with van der Waals surface area (Å²) in [6.45, 7) is 8.85. The maximum absolute atomic E-state index is 6.10. The van der Waals surface area contributed by atoms with Crippen LogP contribution in [0.25, 0.3) is 0 Å². The second-order valence-corrected chi connectivity index (χ2v) is 6.97. The first-order valence-electron chi connectivity index (χ1n) is 6.75. The number of thioether (sulfide) groups is 1. The van der Waals surface area contributed by atoms with Crippen LogP contribution in [0.1, 0.15) is 26.7 Å². The molecule has 0 aromatic rings. The SMILES string of the molecule is CCCN(CCN(C)C)C1(CN)CSC(C)C1. The molecule has 0 radical (unpaired) electrons. The highest BCUT2D eigenvalue weighted by molar-refractivity contribution is 8.00. The summed E-state index contributed by atoms with van der Waals surface area (Å²) in [5.41, 5.74) is 6.36. The Hall–Kier alpha value is 0.230. The molecule has 0 amide bonds. The number of rotatable bonds is 7. The van der Waals surface area contributed by atoms with Crippen LogP contribution in [0.4, 0.5) is 0 Å². The van der Waals surface area contributed by atoms with Gasteiger partial charge in [0.15, 0.2) is 0 Å². The number of likely N-dealkylation sites (N-methyl/N-ethyl adjacent to an activating group) is 1. The van der Waals surface area contributed by atoms with Gasteiger partial charge in [-0.05, 0) is 33.5 Å². The van der Waals surface area contributed by atoms with Crippen LogP contribution < -0.4 is 5.73 Å². The summed E-state index contributed by atoms with van der Waals surface area (Å²) in [5.74, 6) is 1.21. The highest BCUT2D eigenvalue weighted by Crippen LogP contribution is 2.38. The molecule has 1 aliphatic rings. The van der Waals surface area contributed by atoms with Crippen LogP contribution in [-0.2, 0) is 0 Å². The molecule has 2 N–H and O–H groups in total. The molecule has 0 bridgehead atoms. The van der Waals surface area contributed by atoms with Crippen molar-refractivity contribution in [1.29, 1.82) is 0 Å². The van der Waals surface area contributed by atoms with Crippen LogP contribution in [0, 0.1) is 0 Å². The summed E-state index contributed by atoms with van der Waals surface area (Å²) in [4.78, 5) is 4.90. The standard InChI is InChI=1S/C13H29N3S/c1-5-6-16(8-7-15(3)4)13(10-14)9-12(2)17-11-13/h12H,5-11,14H2,1-4H3. The van der Waals surface area contributed by atoms with Crippen LogP contribution in [-0.4, -0.2) is 66.6 Å². The van der Waals surface area contributed by atoms with E-state index in [4.69, 9.17) is 5.73 Å². The number of hydrogen-bond acceptors (Lipinski definition) is 4. The third-order valence-electron chi connectivity index (χ3n) is 3.67. The van der Waals surface area contributed by atoms with Crippen molar-refractivity contribution in [3.05, 3.63) is 0 Å². The van der Waals surface area contributed by atoms with Crippen molar-refractivity contribution < 1.29 is 0 Å². The molecule has 17 heavy (non-hydrogen) atoms. The number of nitrogens with two attached hydrogens (primary N) is 1. The minimum absolute atomic E-state index is 0.260. The average molecular weight is 259 g/mol. The van der Waals surface area contributed by atoms with E-state index in [0.29, 0.717) is 0 Å². The van der Waals surface area contributed by atoms with E-state index in [1.165, 1.54) is 25.1 Å². The van der Waals surface area contributed by atoms with Crippen molar-refractivity contribution in [3.63, 3.8) is 0 Å². The van der Waals surface area contributed by atoms with E-state index in [1.807, 2.05) is 0 Å². The Balaban J connectivity index is 2.65. The molecule has 0 spiro atoms. The zero-order valence-corrected chi connectivity index (χ0v) is 12.7. The first kappa shape index (κ1) is 15.3. The fourth-order valence-corrected chi connectivity index (χ4v) is 4.06. The zero-order chi connectivity index (χ0) is 12.9. The van der Waals surface area contributed by atoms with Crippen LogP contribution in [0.15, 0.2) is 0 Å². The molecule has 2 atom stereocenters. The van der Waals surface area contributed by atoms with Gasteiger partial charge >= 0.3 is 0 Å². The fraction of sp³-hybridized carbons (Fsp3) is 1.00. The van der Waals surface area contributed by atoms with Crippen molar-refractivity contribution in [1.82, 2.24) is 9.80 Å². The van der Waals surface area contributed by atoms with E-state index in [1.54, 1.807) is 0 Å². The maximum Gasteiger partial charge on any atom is 0.0432 e. The lowest BCUT2D eigenvalue weighted by Gasteiger charge is -2.41. The first-order valence-corrected chi connectivity index (χ1v) is 7.80. The van der Waals surface area contributed by atoms with Gasteiger partial charge in [0.1, 0.15) is 0 Å². The molecule has 1 aliphatic heterocycles. The Labute approximate surface area is 111 Å². The second-order valence-electron chi connectivity index (χ2n) is 5.54. The summed E-state index contributed by atoms with van der Waals surface area (Å²) in [7, 11) is 4.29. The third-order valence-corrected chi connectivity index (χ3v) is 5.11. The highest BCUT2D eigenvalue weighted by atomic mass is 32.2. The molecule has 1 rings (SSSR count). The van der Waals surface area contributed by atoms with E-state index in [2.05, 4.69) is 49.5 Å². The Morgan fingerprint density at radius 1 is 1.29 bits per heavy atom. The summed E-state index contributed by atoms with van der Waals surface area (Å²) in [6.07, 6.45) is 2.47. The van der Waals surface area contributed by atoms with Crippen molar-refractivity contribution in [2.75, 3.05) is 46.0 Å². The van der Waals surface area contributed by atoms with Crippen molar-refractivity contribution >= 4 is 11.8 Å². The summed E-state index contributed by atoms with van der Waals surface area (Å²) < 4.78 is 0. The van der Waals surface area contributed by atoms with Gasteiger partial charge in [-0.25, -0.2) is 0 Å². The van der Waals surface area contributed by atoms with E-state index in [0.717, 1.165) is 24.9 Å². The van der Waals surface area contributed by atoms with Crippen LogP contribution in [0.5, 0.6) is 0 Å². The van der Waals surface area contributed by atoms with Crippen LogP contribution >= 0.6 is 11.8 Å². The summed E-state index contributed by atoms with van der Waals surface area (Å²) >= 11 is 2.08. The van der Waals surface area contributed by atoms with Gasteiger partial charge in [0.2, 0.25) is 0 Å². The van der Waals surface area contributed by atoms with Gasteiger partial charge < -0.3 is 10.6 Å². The fourth-order valence-electron chi connectivity index (χ4n) is 2.62. The molecular formula is C13H29N3S. The van der Waals surface area contributed by atoms with Gasteiger partial charge in [0.25, 0.3) is 0 Å². The molecule has 4 heteroatoms. The van der Waals surface area contributed by atoms with E-state index in [-0.39, 0.29) is 5.54 Å². The largest absolute Gasteiger partial charge is 0.329 e. The van der Waals surface area contributed by atoms with Gasteiger partial charge in [-0.3, -0.25) is 4.90 Å². The van der Waals surface area contributed by atoms with Crippen molar-refractivity contribution in [2.45, 2.75) is 37.5 Å². The summed E-state index contributed by atoms with van der Waals surface area (Å²) in [6, 6.07) is 0. The van der Waals surface area contributed by atoms with Crippen molar-refractivity contribution in [3.8, 4) is 0 Å². The first-order chi connectivity index (χ1) is 8.04. The van der Waals surface area contributed by atoms with Gasteiger partial charge in [0.05, 0.1) is 0 Å². The lowest BCUT2D eigenvalue weighted by atomic mass is 9.93. The van der Waals surface area contributed by atoms with Gasteiger partial charge in [0, 0.05) is 36.2 Å². The summed E-state index contributed by atoms with van der Waals surface area (Å²) in [5, 5.41) is 0.761. The van der Waals surface area contributed by atoms with E-state index < -0.39 is 0 Å². The monoisotopic (exact) mass is 259 g/mol. The Morgan fingerprint density at radius 3 is 2.41 bits per heavy atom. The minimum atomic E-state index is 0.260. The number of nitrogens with zero attached hydrogens (tertiary/aromatic N) is 2. The highest BCUT2D eigenvalue weighted by Gasteiger charge is 2.41. The number of hydrogen-bond donors (Lipinski definition) is 1. The normalized spacial score (nSPS) is 29.5. The minimum Gasteiger partial charge on any atom is -0.329 e. The van der Waals surface area contributed by atoms with Gasteiger partial charge in [-0.2, -0.15) is 11.8 Å². The quantitative estimate of drug-likeness (QED) is 0.751. The van der Waals surface area contributed by atoms with Crippen LogP contribution in [0.2, 0.25) is 0 Å². The third kappa shape index (κ3) is 4.12. The predicted molar refractivity (Wildman–Crippen MR) is 78.7 cm³/mol. The molecule has 0 aliphatic carbocycles. The van der Waals surface area contributed by atoms with Crippen LogP contribution in [0.3, 0.4) is 0 Å². The molecule has 0 saturated carbocycles. The Bertz CT molecular complexity index is 223. The molecule has 0 aromatic heterocycles. The maximum atomic E-state index is 6.10. The van der Waals surface area contributed by atoms with E-state index >= 15 is 0 Å². The molecule has 1 heterocycles. The smallest absolute Gasteiger partial charge is 0.0432 e. The molecule has 102 valence electrons.